The van der Waals surface area contributed by atoms with Gasteiger partial charge in [0.25, 0.3) is 0 Å². The first-order chi connectivity index (χ1) is 7.67. The van der Waals surface area contributed by atoms with Gasteiger partial charge in [-0.3, -0.25) is 0 Å². The van der Waals surface area contributed by atoms with Crippen LogP contribution in [0.2, 0.25) is 0 Å². The molecule has 0 aliphatic carbocycles. The first-order valence-electron chi connectivity index (χ1n) is 7.67. The second-order valence-electron chi connectivity index (χ2n) is 4.62. The predicted molar refractivity (Wildman–Crippen MR) is 80.1 cm³/mol. The Labute approximate surface area is 106 Å². The number of hydrogen-bond donors (Lipinski definition) is 0. The van der Waals surface area contributed by atoms with Gasteiger partial charge in [-0.2, -0.15) is 0 Å². The lowest BCUT2D eigenvalue weighted by Gasteiger charge is -2.11. The fourth-order valence-electron chi connectivity index (χ4n) is 1.45. The van der Waals surface area contributed by atoms with Crippen molar-refractivity contribution in [3.63, 3.8) is 0 Å². The highest BCUT2D eigenvalue weighted by Crippen LogP contribution is 2.17. The summed E-state index contributed by atoms with van der Waals surface area (Å²) in [6.07, 6.45) is 10.9. The van der Waals surface area contributed by atoms with Crippen molar-refractivity contribution in [3.05, 3.63) is 0 Å². The van der Waals surface area contributed by atoms with Crippen molar-refractivity contribution >= 4 is 0 Å². The molecule has 0 aromatic carbocycles. The van der Waals surface area contributed by atoms with Gasteiger partial charge in [-0.25, -0.2) is 0 Å². The van der Waals surface area contributed by atoms with Crippen molar-refractivity contribution in [1.29, 1.82) is 0 Å². The molecule has 0 aliphatic heterocycles. The van der Waals surface area contributed by atoms with E-state index in [0.717, 1.165) is 5.92 Å². The van der Waals surface area contributed by atoms with Crippen LogP contribution in [0.1, 0.15) is 99.8 Å². The van der Waals surface area contributed by atoms with Gasteiger partial charge in [-0.15, -0.1) is 0 Å². The van der Waals surface area contributed by atoms with E-state index in [0.29, 0.717) is 0 Å². The largest absolute Gasteiger partial charge is 0.0656 e. The van der Waals surface area contributed by atoms with E-state index in [1.165, 1.54) is 51.4 Å². The summed E-state index contributed by atoms with van der Waals surface area (Å²) in [5.41, 5.74) is 0. The standard InChI is InChI=1S/C10H22.2C3H8/c1-4-7-9-10(6-3)8-5-2;2*1-3-2/h10H,4-9H2,1-3H3;2*3H2,1-2H3. The third-order valence-corrected chi connectivity index (χ3v) is 2.24. The molecule has 0 fully saturated rings. The van der Waals surface area contributed by atoms with Crippen molar-refractivity contribution < 1.29 is 0 Å². The molecule has 0 aromatic heterocycles. The lowest BCUT2D eigenvalue weighted by Crippen LogP contribution is -1.97. The molecule has 0 nitrogen and oxygen atoms in total. The van der Waals surface area contributed by atoms with E-state index in [1.807, 2.05) is 0 Å². The van der Waals surface area contributed by atoms with E-state index in [2.05, 4.69) is 48.5 Å². The van der Waals surface area contributed by atoms with Gasteiger partial charge in [0.2, 0.25) is 0 Å². The Hall–Kier alpha value is 0. The maximum Gasteiger partial charge on any atom is -0.0417 e. The molecule has 0 aromatic rings. The zero-order chi connectivity index (χ0) is 13.2. The second-order valence-corrected chi connectivity index (χ2v) is 4.62. The summed E-state index contributed by atoms with van der Waals surface area (Å²) < 4.78 is 0. The SMILES string of the molecule is CCC.CCC.CCCCC(CC)CCC. The summed E-state index contributed by atoms with van der Waals surface area (Å²) in [5, 5.41) is 0. The van der Waals surface area contributed by atoms with Gasteiger partial charge >= 0.3 is 0 Å². The Morgan fingerprint density at radius 1 is 0.625 bits per heavy atom. The Morgan fingerprint density at radius 3 is 1.31 bits per heavy atom. The van der Waals surface area contributed by atoms with Crippen molar-refractivity contribution in [1.82, 2.24) is 0 Å². The molecule has 16 heavy (non-hydrogen) atoms. The highest BCUT2D eigenvalue weighted by Gasteiger charge is 2.02. The average Bonchev–Trinajstić information content (AvgIpc) is 2.26. The normalized spacial score (nSPS) is 10.7. The maximum absolute atomic E-state index is 2.32. The van der Waals surface area contributed by atoms with Crippen LogP contribution >= 0.6 is 0 Å². The van der Waals surface area contributed by atoms with Crippen LogP contribution in [-0.4, -0.2) is 0 Å². The van der Waals surface area contributed by atoms with Crippen molar-refractivity contribution in [3.8, 4) is 0 Å². The summed E-state index contributed by atoms with van der Waals surface area (Å²) in [5.74, 6) is 1.02. The third-order valence-electron chi connectivity index (χ3n) is 2.24. The molecular weight excluding hydrogens is 192 g/mol. The molecule has 0 amide bonds. The number of unbranched alkanes of at least 4 members (excludes halogenated alkanes) is 1. The van der Waals surface area contributed by atoms with Crippen LogP contribution in [0.4, 0.5) is 0 Å². The molecule has 0 bridgehead atoms. The predicted octanol–water partition coefficient (Wildman–Crippen LogP) is 6.84. The van der Waals surface area contributed by atoms with Gasteiger partial charge in [0, 0.05) is 0 Å². The lowest BCUT2D eigenvalue weighted by atomic mass is 9.95. The topological polar surface area (TPSA) is 0 Å². The van der Waals surface area contributed by atoms with Crippen LogP contribution in [0.3, 0.4) is 0 Å². The van der Waals surface area contributed by atoms with E-state index < -0.39 is 0 Å². The summed E-state index contributed by atoms with van der Waals surface area (Å²) >= 11 is 0. The third kappa shape index (κ3) is 29.2. The van der Waals surface area contributed by atoms with Crippen LogP contribution in [0, 0.1) is 5.92 Å². The molecule has 1 unspecified atom stereocenters. The Bertz CT molecular complexity index is 74.1. The Morgan fingerprint density at radius 2 is 1.06 bits per heavy atom. The molecule has 0 saturated carbocycles. The number of hydrogen-bond acceptors (Lipinski definition) is 0. The van der Waals surface area contributed by atoms with E-state index in [4.69, 9.17) is 0 Å². The molecule has 102 valence electrons. The van der Waals surface area contributed by atoms with E-state index in [-0.39, 0.29) is 0 Å². The average molecular weight is 230 g/mol. The van der Waals surface area contributed by atoms with Gasteiger partial charge in [-0.05, 0) is 5.92 Å². The maximum atomic E-state index is 2.32. The summed E-state index contributed by atoms with van der Waals surface area (Å²) in [6, 6.07) is 0. The molecule has 1 atom stereocenters. The van der Waals surface area contributed by atoms with Gasteiger partial charge in [-0.1, -0.05) is 99.8 Å². The quantitative estimate of drug-likeness (QED) is 0.469. The molecule has 0 N–H and O–H groups in total. The Balaban J connectivity index is -0.000000235. The van der Waals surface area contributed by atoms with Crippen LogP contribution < -0.4 is 0 Å². The van der Waals surface area contributed by atoms with Crippen molar-refractivity contribution in [2.75, 3.05) is 0 Å². The molecule has 0 spiro atoms. The minimum absolute atomic E-state index is 1.02. The fourth-order valence-corrected chi connectivity index (χ4v) is 1.45. The fraction of sp³-hybridized carbons (Fsp3) is 1.00. The highest BCUT2D eigenvalue weighted by molar-refractivity contribution is 4.55. The first-order valence-corrected chi connectivity index (χ1v) is 7.67. The van der Waals surface area contributed by atoms with E-state index >= 15 is 0 Å². The molecular formula is C16H38. The van der Waals surface area contributed by atoms with Gasteiger partial charge in [0.15, 0.2) is 0 Å². The Kier molecular flexibility index (Phi) is 32.3. The zero-order valence-electron chi connectivity index (χ0n) is 13.2. The van der Waals surface area contributed by atoms with Crippen molar-refractivity contribution in [2.24, 2.45) is 5.92 Å². The van der Waals surface area contributed by atoms with Gasteiger partial charge in [0.1, 0.15) is 0 Å². The molecule has 0 saturated heterocycles. The van der Waals surface area contributed by atoms with E-state index in [9.17, 15) is 0 Å². The highest BCUT2D eigenvalue weighted by atomic mass is 14.1. The van der Waals surface area contributed by atoms with Crippen LogP contribution in [0.15, 0.2) is 0 Å². The summed E-state index contributed by atoms with van der Waals surface area (Å²) in [7, 11) is 0. The van der Waals surface area contributed by atoms with Gasteiger partial charge < -0.3 is 0 Å². The van der Waals surface area contributed by atoms with Crippen molar-refractivity contribution in [2.45, 2.75) is 99.8 Å². The molecule has 0 rings (SSSR count). The zero-order valence-corrected chi connectivity index (χ0v) is 13.2. The van der Waals surface area contributed by atoms with E-state index in [1.54, 1.807) is 0 Å². The molecule has 0 heteroatoms. The summed E-state index contributed by atoms with van der Waals surface area (Å²) in [4.78, 5) is 0. The molecule has 0 radical (unpaired) electrons. The molecule has 0 heterocycles. The molecule has 0 aliphatic rings. The monoisotopic (exact) mass is 230 g/mol. The minimum Gasteiger partial charge on any atom is -0.0656 e. The van der Waals surface area contributed by atoms with Crippen LogP contribution in [0.5, 0.6) is 0 Å². The second kappa shape index (κ2) is 24.3. The first kappa shape index (κ1) is 21.3. The summed E-state index contributed by atoms with van der Waals surface area (Å²) in [6.45, 7) is 15.4. The van der Waals surface area contributed by atoms with Gasteiger partial charge in [0.05, 0.1) is 0 Å². The van der Waals surface area contributed by atoms with Crippen LogP contribution in [0.25, 0.3) is 0 Å². The van der Waals surface area contributed by atoms with Crippen LogP contribution in [-0.2, 0) is 0 Å². The number of rotatable bonds is 6. The minimum atomic E-state index is 1.02. The lowest BCUT2D eigenvalue weighted by molar-refractivity contribution is 0.417. The smallest absolute Gasteiger partial charge is 0.0417 e.